The van der Waals surface area contributed by atoms with Crippen LogP contribution in [0, 0.1) is 12.7 Å². The number of nitrogens with zero attached hydrogens (tertiary/aromatic N) is 3. The molecule has 5 rings (SSSR count). The van der Waals surface area contributed by atoms with Crippen LogP contribution in [0.3, 0.4) is 0 Å². The quantitative estimate of drug-likeness (QED) is 0.496. The Kier molecular flexibility index (Phi) is 5.34. The molecular formula is C23H21FN4O3S. The number of oxazole rings is 1. The van der Waals surface area contributed by atoms with Crippen molar-refractivity contribution in [1.29, 1.82) is 0 Å². The number of aromatic amines is 1. The third-order valence-corrected chi connectivity index (χ3v) is 7.03. The lowest BCUT2D eigenvalue weighted by Crippen LogP contribution is -2.38. The number of aryl methyl sites for hydroxylation is 1. The van der Waals surface area contributed by atoms with Gasteiger partial charge in [-0.1, -0.05) is 12.1 Å². The van der Waals surface area contributed by atoms with Crippen LogP contribution < -0.4 is 5.56 Å². The van der Waals surface area contributed by atoms with Crippen molar-refractivity contribution < 1.29 is 13.6 Å². The second-order valence-corrected chi connectivity index (χ2v) is 8.95. The van der Waals surface area contributed by atoms with Gasteiger partial charge in [-0.15, -0.1) is 11.3 Å². The molecule has 0 aliphatic carbocycles. The minimum atomic E-state index is -0.280. The summed E-state index contributed by atoms with van der Waals surface area (Å²) in [6.45, 7) is 2.38. The van der Waals surface area contributed by atoms with Crippen molar-refractivity contribution in [2.75, 3.05) is 6.54 Å². The highest BCUT2D eigenvalue weighted by molar-refractivity contribution is 7.20. The first-order chi connectivity index (χ1) is 15.5. The van der Waals surface area contributed by atoms with E-state index in [2.05, 4.69) is 15.0 Å². The molecule has 1 atom stereocenters. The Morgan fingerprint density at radius 2 is 2.09 bits per heavy atom. The van der Waals surface area contributed by atoms with Gasteiger partial charge in [-0.2, -0.15) is 0 Å². The third kappa shape index (κ3) is 3.73. The van der Waals surface area contributed by atoms with E-state index in [0.29, 0.717) is 45.3 Å². The van der Waals surface area contributed by atoms with Gasteiger partial charge in [0.1, 0.15) is 22.4 Å². The van der Waals surface area contributed by atoms with E-state index in [-0.39, 0.29) is 23.3 Å². The fraction of sp³-hybridized carbons (Fsp3) is 0.304. The predicted molar refractivity (Wildman–Crippen MR) is 118 cm³/mol. The summed E-state index contributed by atoms with van der Waals surface area (Å²) < 4.78 is 19.2. The normalized spacial score (nSPS) is 16.6. The number of thiophene rings is 1. The Morgan fingerprint density at radius 3 is 2.88 bits per heavy atom. The second-order valence-electron chi connectivity index (χ2n) is 7.95. The second kappa shape index (κ2) is 8.31. The highest BCUT2D eigenvalue weighted by Gasteiger charge is 2.34. The molecule has 1 saturated heterocycles. The zero-order chi connectivity index (χ0) is 22.2. The zero-order valence-electron chi connectivity index (χ0n) is 17.4. The van der Waals surface area contributed by atoms with Gasteiger partial charge < -0.3 is 14.3 Å². The fourth-order valence-electron chi connectivity index (χ4n) is 4.21. The molecule has 4 aromatic rings. The summed E-state index contributed by atoms with van der Waals surface area (Å²) >= 11 is 1.24. The van der Waals surface area contributed by atoms with Gasteiger partial charge in [-0.05, 0) is 49.4 Å². The maximum absolute atomic E-state index is 13.5. The van der Waals surface area contributed by atoms with Crippen LogP contribution in [0.25, 0.3) is 10.2 Å². The van der Waals surface area contributed by atoms with Gasteiger partial charge in [-0.25, -0.2) is 14.4 Å². The molecule has 1 N–H and O–H groups in total. The molecule has 4 heterocycles. The van der Waals surface area contributed by atoms with Gasteiger partial charge in [0.05, 0.1) is 22.8 Å². The number of nitrogens with one attached hydrogen (secondary N) is 1. The summed E-state index contributed by atoms with van der Waals surface area (Å²) in [5, 5.41) is 0.465. The highest BCUT2D eigenvalue weighted by Crippen LogP contribution is 2.35. The number of piperidine rings is 1. The van der Waals surface area contributed by atoms with Crippen LogP contribution in [0.15, 0.2) is 46.0 Å². The maximum Gasteiger partial charge on any atom is 0.264 e. The number of carbonyl (C=O) groups is 1. The number of carbonyl (C=O) groups excluding carboxylic acids is 1. The highest BCUT2D eigenvalue weighted by atomic mass is 32.1. The van der Waals surface area contributed by atoms with Crippen LogP contribution >= 0.6 is 11.3 Å². The number of likely N-dealkylation sites (tertiary alicyclic amines) is 1. The molecule has 0 bridgehead atoms. The molecule has 7 nitrogen and oxygen atoms in total. The first-order valence-corrected chi connectivity index (χ1v) is 11.3. The van der Waals surface area contributed by atoms with Crippen LogP contribution in [-0.2, 0) is 6.42 Å². The standard InChI is InChI=1S/C23H21FN4O3S/c1-13-18-20(29)26-12-27-22(18)32-19(13)23(30)28-9-3-2-4-17(28)21-25-11-16(31-21)10-14-5-7-15(24)8-6-14/h5-8,11-12,17H,2-4,9-10H2,1H3,(H,26,27,29). The number of rotatable bonds is 4. The molecule has 1 unspecified atom stereocenters. The number of fused-ring (bicyclic) bond motifs is 1. The summed E-state index contributed by atoms with van der Waals surface area (Å²) in [4.78, 5) is 39.8. The van der Waals surface area contributed by atoms with Crippen molar-refractivity contribution in [3.05, 3.63) is 80.6 Å². The molecule has 164 valence electrons. The Morgan fingerprint density at radius 1 is 1.28 bits per heavy atom. The summed E-state index contributed by atoms with van der Waals surface area (Å²) in [6, 6.07) is 6.00. The number of halogens is 1. The van der Waals surface area contributed by atoms with Gasteiger partial charge in [0, 0.05) is 13.0 Å². The summed E-state index contributed by atoms with van der Waals surface area (Å²) in [5.41, 5.74) is 1.33. The number of aromatic nitrogens is 3. The molecule has 1 aliphatic rings. The first kappa shape index (κ1) is 20.6. The van der Waals surface area contributed by atoms with Crippen molar-refractivity contribution in [2.45, 2.75) is 38.6 Å². The predicted octanol–water partition coefficient (Wildman–Crippen LogP) is 4.38. The van der Waals surface area contributed by atoms with E-state index in [1.807, 2.05) is 0 Å². The van der Waals surface area contributed by atoms with Crippen molar-refractivity contribution in [3.63, 3.8) is 0 Å². The van der Waals surface area contributed by atoms with Crippen molar-refractivity contribution in [3.8, 4) is 0 Å². The largest absolute Gasteiger partial charge is 0.443 e. The smallest absolute Gasteiger partial charge is 0.264 e. The number of amides is 1. The average Bonchev–Trinajstić information content (AvgIpc) is 3.40. The molecule has 3 aromatic heterocycles. The number of benzene rings is 1. The molecule has 9 heteroatoms. The minimum Gasteiger partial charge on any atom is -0.443 e. The van der Waals surface area contributed by atoms with E-state index in [1.54, 1.807) is 30.2 Å². The SMILES string of the molecule is Cc1c(C(=O)N2CCCCC2c2ncc(Cc3ccc(F)cc3)o2)sc2nc[nH]c(=O)c12. The molecule has 1 aliphatic heterocycles. The summed E-state index contributed by atoms with van der Waals surface area (Å²) in [7, 11) is 0. The van der Waals surface area contributed by atoms with E-state index in [0.717, 1.165) is 24.8 Å². The molecule has 32 heavy (non-hydrogen) atoms. The van der Waals surface area contributed by atoms with Crippen molar-refractivity contribution >= 4 is 27.5 Å². The number of hydrogen-bond donors (Lipinski definition) is 1. The van der Waals surface area contributed by atoms with E-state index in [4.69, 9.17) is 4.42 Å². The first-order valence-electron chi connectivity index (χ1n) is 10.5. The van der Waals surface area contributed by atoms with Crippen molar-refractivity contribution in [1.82, 2.24) is 19.9 Å². The van der Waals surface area contributed by atoms with Gasteiger partial charge in [0.2, 0.25) is 5.89 Å². The molecule has 1 fully saturated rings. The Labute approximate surface area is 186 Å². The molecule has 0 saturated carbocycles. The van der Waals surface area contributed by atoms with Gasteiger partial charge in [-0.3, -0.25) is 9.59 Å². The van der Waals surface area contributed by atoms with Crippen LogP contribution in [0.4, 0.5) is 4.39 Å². The molecule has 1 amide bonds. The van der Waals surface area contributed by atoms with Crippen LogP contribution in [0.1, 0.15) is 57.8 Å². The van der Waals surface area contributed by atoms with Crippen LogP contribution in [0.2, 0.25) is 0 Å². The lowest BCUT2D eigenvalue weighted by molar-refractivity contribution is 0.0574. The Balaban J connectivity index is 1.42. The lowest BCUT2D eigenvalue weighted by atomic mass is 10.0. The minimum absolute atomic E-state index is 0.132. The monoisotopic (exact) mass is 452 g/mol. The van der Waals surface area contributed by atoms with Crippen LogP contribution in [-0.4, -0.2) is 32.3 Å². The topological polar surface area (TPSA) is 92.1 Å². The Bertz CT molecular complexity index is 1340. The van der Waals surface area contributed by atoms with Gasteiger partial charge in [0.25, 0.3) is 11.5 Å². The molecule has 0 radical (unpaired) electrons. The van der Waals surface area contributed by atoms with E-state index < -0.39 is 0 Å². The van der Waals surface area contributed by atoms with E-state index in [9.17, 15) is 14.0 Å². The lowest BCUT2D eigenvalue weighted by Gasteiger charge is -2.33. The molecular weight excluding hydrogens is 431 g/mol. The Hall–Kier alpha value is -3.33. The third-order valence-electron chi connectivity index (χ3n) is 5.84. The zero-order valence-corrected chi connectivity index (χ0v) is 18.2. The average molecular weight is 453 g/mol. The van der Waals surface area contributed by atoms with Gasteiger partial charge in [0.15, 0.2) is 0 Å². The number of H-pyrrole nitrogens is 1. The van der Waals surface area contributed by atoms with Crippen molar-refractivity contribution in [2.24, 2.45) is 0 Å². The van der Waals surface area contributed by atoms with E-state index in [1.165, 1.54) is 29.8 Å². The van der Waals surface area contributed by atoms with Gasteiger partial charge >= 0.3 is 0 Å². The molecule has 0 spiro atoms. The maximum atomic E-state index is 13.5. The molecule has 1 aromatic carbocycles. The van der Waals surface area contributed by atoms with Crippen LogP contribution in [0.5, 0.6) is 0 Å². The summed E-state index contributed by atoms with van der Waals surface area (Å²) in [6.07, 6.45) is 6.14. The van der Waals surface area contributed by atoms with E-state index >= 15 is 0 Å². The fourth-order valence-corrected chi connectivity index (χ4v) is 5.31. The number of hydrogen-bond acceptors (Lipinski definition) is 6. The summed E-state index contributed by atoms with van der Waals surface area (Å²) in [5.74, 6) is 0.758.